The molecule has 3 aliphatic rings. The molecule has 0 aliphatic heterocycles. The van der Waals surface area contributed by atoms with E-state index in [-0.39, 0.29) is 28.2 Å². The molecule has 1 aromatic carbocycles. The lowest BCUT2D eigenvalue weighted by atomic mass is 9.78. The predicted octanol–water partition coefficient (Wildman–Crippen LogP) is 10.9. The first kappa shape index (κ1) is 36.6. The molecule has 0 bridgehead atoms. The number of hydrogen-bond donors (Lipinski definition) is 0. The van der Waals surface area contributed by atoms with Gasteiger partial charge in [0, 0.05) is 18.4 Å². The number of ether oxygens (including phenoxy) is 2. The van der Waals surface area contributed by atoms with Crippen molar-refractivity contribution < 1.29 is 18.7 Å². The van der Waals surface area contributed by atoms with E-state index in [0.717, 1.165) is 49.8 Å². The number of hydrogen-bond acceptors (Lipinski definition) is 4. The SMILES string of the molecule is COc1ccc(COC/C(C)=C/CC[C@@H](C)/C(I)=C/C[C@H](CO[Si](C)(C)C(C)(C)C)[C@H]2CCC3=CCC[C@]4(C)[C@H](C2=O)[C@H]34)cc1. The minimum Gasteiger partial charge on any atom is -0.497 e. The molecule has 0 radical (unpaired) electrons. The van der Waals surface area contributed by atoms with Crippen LogP contribution in [-0.2, 0) is 20.6 Å². The molecule has 0 spiro atoms. The Bertz CT molecular complexity index is 1260. The molecule has 6 heteroatoms. The Morgan fingerprint density at radius 3 is 2.53 bits per heavy atom. The Hall–Kier alpha value is -1.22. The van der Waals surface area contributed by atoms with Crippen molar-refractivity contribution in [1.82, 2.24) is 0 Å². The molecule has 0 heterocycles. The quantitative estimate of drug-likeness (QED) is 0.102. The Balaban J connectivity index is 1.34. The zero-order valence-corrected chi connectivity index (χ0v) is 32.7. The number of carbonyl (C=O) groups is 1. The minimum atomic E-state index is -1.92. The molecular weight excluding hydrogens is 687 g/mol. The highest BCUT2D eigenvalue weighted by Crippen LogP contribution is 2.69. The van der Waals surface area contributed by atoms with Gasteiger partial charge in [0.15, 0.2) is 8.32 Å². The summed E-state index contributed by atoms with van der Waals surface area (Å²) in [5.41, 5.74) is 4.23. The molecule has 1 aromatic rings. The second kappa shape index (κ2) is 15.3. The van der Waals surface area contributed by atoms with Gasteiger partial charge in [-0.15, -0.1) is 0 Å². The number of Topliss-reactive ketones (excluding diaryl/α,β-unsaturated/α-hetero) is 1. The van der Waals surface area contributed by atoms with E-state index in [2.05, 4.69) is 108 Å². The lowest BCUT2D eigenvalue weighted by molar-refractivity contribution is -0.127. The number of ketones is 1. The van der Waals surface area contributed by atoms with Gasteiger partial charge < -0.3 is 13.9 Å². The van der Waals surface area contributed by atoms with Gasteiger partial charge in [-0.2, -0.15) is 0 Å². The molecule has 250 valence electrons. The summed E-state index contributed by atoms with van der Waals surface area (Å²) in [7, 11) is -0.232. The van der Waals surface area contributed by atoms with Crippen LogP contribution in [0.5, 0.6) is 5.75 Å². The zero-order chi connectivity index (χ0) is 33.0. The van der Waals surface area contributed by atoms with E-state index >= 15 is 0 Å². The van der Waals surface area contributed by atoms with Gasteiger partial charge in [0.25, 0.3) is 0 Å². The predicted molar refractivity (Wildman–Crippen MR) is 198 cm³/mol. The fourth-order valence-electron chi connectivity index (χ4n) is 7.29. The molecular formula is C39H59IO4Si. The Morgan fingerprint density at radius 2 is 1.87 bits per heavy atom. The van der Waals surface area contributed by atoms with Gasteiger partial charge in [-0.05, 0) is 137 Å². The van der Waals surface area contributed by atoms with E-state index in [0.29, 0.717) is 37.4 Å². The van der Waals surface area contributed by atoms with Crippen LogP contribution < -0.4 is 4.74 Å². The van der Waals surface area contributed by atoms with Crippen LogP contribution in [0.2, 0.25) is 18.1 Å². The second-order valence-electron chi connectivity index (χ2n) is 15.9. The molecule has 2 saturated carbocycles. The smallest absolute Gasteiger partial charge is 0.191 e. The van der Waals surface area contributed by atoms with Crippen LogP contribution in [0.15, 0.2) is 57.2 Å². The molecule has 0 amide bonds. The van der Waals surface area contributed by atoms with Gasteiger partial charge in [-0.25, -0.2) is 0 Å². The number of allylic oxidation sites excluding steroid dienone is 5. The lowest BCUT2D eigenvalue weighted by Gasteiger charge is -2.38. The fourth-order valence-corrected chi connectivity index (χ4v) is 8.92. The Kier molecular flexibility index (Phi) is 12.5. The molecule has 3 aliphatic carbocycles. The summed E-state index contributed by atoms with van der Waals surface area (Å²) < 4.78 is 19.4. The van der Waals surface area contributed by atoms with E-state index in [4.69, 9.17) is 13.9 Å². The largest absolute Gasteiger partial charge is 0.497 e. The van der Waals surface area contributed by atoms with Gasteiger partial charge in [-0.3, -0.25) is 4.79 Å². The van der Waals surface area contributed by atoms with E-state index in [1.165, 1.54) is 15.6 Å². The van der Waals surface area contributed by atoms with Crippen molar-refractivity contribution in [2.24, 2.45) is 35.0 Å². The fraction of sp³-hybridized carbons (Fsp3) is 0.667. The van der Waals surface area contributed by atoms with Crippen molar-refractivity contribution in [2.75, 3.05) is 20.3 Å². The molecule has 6 atom stereocenters. The summed E-state index contributed by atoms with van der Waals surface area (Å²) in [5, 5.41) is 0.160. The maximum Gasteiger partial charge on any atom is 0.191 e. The zero-order valence-electron chi connectivity index (χ0n) is 29.5. The first-order valence-corrected chi connectivity index (χ1v) is 21.2. The van der Waals surface area contributed by atoms with E-state index in [1.807, 2.05) is 12.1 Å². The van der Waals surface area contributed by atoms with Crippen LogP contribution in [0.25, 0.3) is 0 Å². The minimum absolute atomic E-state index is 0.104. The highest BCUT2D eigenvalue weighted by molar-refractivity contribution is 14.1. The van der Waals surface area contributed by atoms with Crippen molar-refractivity contribution in [3.63, 3.8) is 0 Å². The van der Waals surface area contributed by atoms with Gasteiger partial charge >= 0.3 is 0 Å². The maximum atomic E-state index is 14.1. The Labute approximate surface area is 289 Å². The van der Waals surface area contributed by atoms with Crippen molar-refractivity contribution in [3.05, 3.63) is 62.8 Å². The number of halogens is 1. The Morgan fingerprint density at radius 1 is 1.16 bits per heavy atom. The number of carbonyl (C=O) groups excluding carboxylic acids is 1. The normalized spacial score (nSPS) is 26.9. The van der Waals surface area contributed by atoms with Crippen LogP contribution in [0.3, 0.4) is 0 Å². The molecule has 4 nitrogen and oxygen atoms in total. The third-order valence-corrected chi connectivity index (χ3v) is 17.5. The topological polar surface area (TPSA) is 44.8 Å². The molecule has 0 unspecified atom stereocenters. The molecule has 45 heavy (non-hydrogen) atoms. The third-order valence-electron chi connectivity index (χ3n) is 11.5. The van der Waals surface area contributed by atoms with Gasteiger partial charge in [0.1, 0.15) is 11.5 Å². The number of fused-ring (bicyclic) bond motifs is 1. The average Bonchev–Trinajstić information content (AvgIpc) is 3.66. The second-order valence-corrected chi connectivity index (χ2v) is 21.9. The molecule has 2 fully saturated rings. The summed E-state index contributed by atoms with van der Waals surface area (Å²) in [6, 6.07) is 8.05. The van der Waals surface area contributed by atoms with Crippen LogP contribution in [0, 0.1) is 35.0 Å². The summed E-state index contributed by atoms with van der Waals surface area (Å²) >= 11 is 2.55. The lowest BCUT2D eigenvalue weighted by Crippen LogP contribution is -2.43. The monoisotopic (exact) mass is 746 g/mol. The van der Waals surface area contributed by atoms with Crippen molar-refractivity contribution in [1.29, 1.82) is 0 Å². The third kappa shape index (κ3) is 9.02. The van der Waals surface area contributed by atoms with Crippen LogP contribution in [0.4, 0.5) is 0 Å². The highest BCUT2D eigenvalue weighted by Gasteiger charge is 2.67. The van der Waals surface area contributed by atoms with Crippen molar-refractivity contribution in [2.45, 2.75) is 111 Å². The highest BCUT2D eigenvalue weighted by atomic mass is 127. The number of rotatable bonds is 15. The van der Waals surface area contributed by atoms with Crippen molar-refractivity contribution >= 4 is 36.7 Å². The van der Waals surface area contributed by atoms with Crippen molar-refractivity contribution in [3.8, 4) is 5.75 Å². The summed E-state index contributed by atoms with van der Waals surface area (Å²) in [5.74, 6) is 3.01. The molecule has 0 saturated heterocycles. The number of benzene rings is 1. The van der Waals surface area contributed by atoms with E-state index in [1.54, 1.807) is 12.7 Å². The first-order chi connectivity index (χ1) is 21.2. The van der Waals surface area contributed by atoms with Gasteiger partial charge in [0.05, 0.1) is 20.3 Å². The summed E-state index contributed by atoms with van der Waals surface area (Å²) in [6.45, 7) is 20.4. The molecule has 4 rings (SSSR count). The van der Waals surface area contributed by atoms with Gasteiger partial charge in [-0.1, -0.05) is 76.1 Å². The first-order valence-electron chi connectivity index (χ1n) is 17.3. The standard InChI is InChI=1S/C39H59IO4Si/c1-27(24-43-25-29-15-19-32(42-7)20-16-29)12-10-13-28(2)34(40)22-18-31(26-44-45(8,9)38(3,4)5)33-21-17-30-14-11-23-39(6)35(30)36(39)37(33)41/h12,14-16,19-20,22,28,31,33,35-36H,10-11,13,17-18,21,23-26H2,1-9H3/b27-12+,34-22-/t28-,31-,33-,35+,36+,39+/m1/s1. The average molecular weight is 747 g/mol. The summed E-state index contributed by atoms with van der Waals surface area (Å²) in [6.07, 6.45) is 14.7. The van der Waals surface area contributed by atoms with Crippen LogP contribution >= 0.6 is 22.6 Å². The molecule has 0 N–H and O–H groups in total. The van der Waals surface area contributed by atoms with Crippen LogP contribution in [0.1, 0.15) is 92.1 Å². The van der Waals surface area contributed by atoms with Gasteiger partial charge in [0.2, 0.25) is 0 Å². The van der Waals surface area contributed by atoms with Crippen LogP contribution in [-0.4, -0.2) is 34.4 Å². The molecule has 0 aromatic heterocycles. The van der Waals surface area contributed by atoms with E-state index < -0.39 is 8.32 Å². The van der Waals surface area contributed by atoms with E-state index in [9.17, 15) is 4.79 Å². The maximum absolute atomic E-state index is 14.1. The summed E-state index contributed by atoms with van der Waals surface area (Å²) in [4.78, 5) is 14.1. The number of methoxy groups -OCH3 is 1.